The van der Waals surface area contributed by atoms with Crippen molar-refractivity contribution >= 4 is 0 Å². The van der Waals surface area contributed by atoms with E-state index >= 15 is 0 Å². The van der Waals surface area contributed by atoms with E-state index in [4.69, 9.17) is 80.5 Å². The highest BCUT2D eigenvalue weighted by Crippen LogP contribution is 1.88. The molecular formula is C35H70O17. The van der Waals surface area contributed by atoms with Crippen molar-refractivity contribution in [1.29, 1.82) is 0 Å². The molecule has 0 atom stereocenters. The van der Waals surface area contributed by atoms with E-state index in [1.165, 1.54) is 6.26 Å². The molecule has 0 radical (unpaired) electrons. The lowest BCUT2D eigenvalue weighted by Crippen LogP contribution is -2.16. The topological polar surface area (TPSA) is 157 Å². The summed E-state index contributed by atoms with van der Waals surface area (Å²) in [5.41, 5.74) is 0. The molecule has 0 aliphatic rings. The predicted molar refractivity (Wildman–Crippen MR) is 190 cm³/mol. The fourth-order valence-corrected chi connectivity index (χ4v) is 3.51. The molecule has 0 aliphatic heterocycles. The summed E-state index contributed by atoms with van der Waals surface area (Å²) >= 11 is 0. The summed E-state index contributed by atoms with van der Waals surface area (Å²) in [5.74, 6) is 0. The number of ether oxygens (including phenoxy) is 17. The number of methoxy groups -OCH3 is 1. The SMILES string of the molecule is C=COCCOCCOCCOCCOCCOCCOCCOCCOCCOCCOCCOCCOCCOCCOCCOCCOC. The van der Waals surface area contributed by atoms with Crippen LogP contribution in [0.25, 0.3) is 0 Å². The van der Waals surface area contributed by atoms with Crippen LogP contribution in [0.1, 0.15) is 0 Å². The van der Waals surface area contributed by atoms with Gasteiger partial charge in [0.15, 0.2) is 0 Å². The fraction of sp³-hybridized carbons (Fsp3) is 0.943. The van der Waals surface area contributed by atoms with E-state index in [9.17, 15) is 0 Å². The van der Waals surface area contributed by atoms with Crippen molar-refractivity contribution in [2.45, 2.75) is 0 Å². The Balaban J connectivity index is 3.05. The van der Waals surface area contributed by atoms with Crippen LogP contribution in [0.3, 0.4) is 0 Å². The van der Waals surface area contributed by atoms with E-state index in [1.54, 1.807) is 7.11 Å². The van der Waals surface area contributed by atoms with Crippen LogP contribution >= 0.6 is 0 Å². The molecule has 0 N–H and O–H groups in total. The standard InChI is InChI=1S/C35H70O17/c1-3-37-6-7-39-10-11-41-14-15-43-18-19-45-22-23-47-26-27-49-30-31-51-34-35-52-33-32-50-29-28-48-25-24-46-21-20-44-17-16-42-13-12-40-9-8-38-5-4-36-2/h3H,1,4-35H2,2H3. The van der Waals surface area contributed by atoms with Gasteiger partial charge in [-0.15, -0.1) is 0 Å². The summed E-state index contributed by atoms with van der Waals surface area (Å²) in [7, 11) is 1.64. The third-order valence-electron chi connectivity index (χ3n) is 6.10. The van der Waals surface area contributed by atoms with Crippen molar-refractivity contribution in [2.75, 3.05) is 219 Å². The van der Waals surface area contributed by atoms with E-state index < -0.39 is 0 Å². The average Bonchev–Trinajstić information content (AvgIpc) is 3.16. The molecule has 0 unspecified atom stereocenters. The summed E-state index contributed by atoms with van der Waals surface area (Å²) in [5, 5.41) is 0. The summed E-state index contributed by atoms with van der Waals surface area (Å²) in [6.07, 6.45) is 1.39. The first-order chi connectivity index (χ1) is 25.9. The molecule has 0 rings (SSSR count). The number of hydrogen-bond acceptors (Lipinski definition) is 17. The molecule has 0 aromatic heterocycles. The molecule has 0 saturated heterocycles. The zero-order valence-corrected chi connectivity index (χ0v) is 31.9. The van der Waals surface area contributed by atoms with Gasteiger partial charge >= 0.3 is 0 Å². The molecule has 0 bridgehead atoms. The maximum absolute atomic E-state index is 5.49. The van der Waals surface area contributed by atoms with E-state index in [0.29, 0.717) is 211 Å². The molecule has 0 amide bonds. The molecule has 0 saturated carbocycles. The van der Waals surface area contributed by atoms with Crippen LogP contribution in [0.15, 0.2) is 12.8 Å². The number of hydrogen-bond donors (Lipinski definition) is 0. The minimum absolute atomic E-state index is 0.498. The molecule has 17 heteroatoms. The van der Waals surface area contributed by atoms with Gasteiger partial charge in [0.05, 0.1) is 211 Å². The Kier molecular flexibility index (Phi) is 48.8. The maximum atomic E-state index is 5.49. The second-order valence-corrected chi connectivity index (χ2v) is 10.2. The van der Waals surface area contributed by atoms with Gasteiger partial charge in [-0.1, -0.05) is 6.58 Å². The summed E-state index contributed by atoms with van der Waals surface area (Å²) < 4.78 is 91.5. The molecule has 0 aliphatic carbocycles. The molecule has 0 spiro atoms. The van der Waals surface area contributed by atoms with Gasteiger partial charge in [0.25, 0.3) is 0 Å². The zero-order valence-electron chi connectivity index (χ0n) is 31.9. The van der Waals surface area contributed by atoms with Crippen LogP contribution in [0.2, 0.25) is 0 Å². The van der Waals surface area contributed by atoms with Gasteiger partial charge in [-0.25, -0.2) is 0 Å². The Morgan fingerprint density at radius 2 is 0.365 bits per heavy atom. The lowest BCUT2D eigenvalue weighted by atomic mass is 10.6. The average molecular weight is 763 g/mol. The Labute approximate surface area is 311 Å². The van der Waals surface area contributed by atoms with Gasteiger partial charge in [-0.3, -0.25) is 0 Å². The lowest BCUT2D eigenvalue weighted by molar-refractivity contribution is -0.0304. The number of rotatable bonds is 49. The van der Waals surface area contributed by atoms with Gasteiger partial charge in [0, 0.05) is 7.11 Å². The monoisotopic (exact) mass is 762 g/mol. The second kappa shape index (κ2) is 49.9. The highest BCUT2D eigenvalue weighted by Gasteiger charge is 1.97. The van der Waals surface area contributed by atoms with Crippen LogP contribution < -0.4 is 0 Å². The largest absolute Gasteiger partial charge is 0.499 e. The first kappa shape index (κ1) is 50.9. The first-order valence-electron chi connectivity index (χ1n) is 18.3. The normalized spacial score (nSPS) is 11.5. The summed E-state index contributed by atoms with van der Waals surface area (Å²) in [6, 6.07) is 0. The second-order valence-electron chi connectivity index (χ2n) is 10.2. The summed E-state index contributed by atoms with van der Waals surface area (Å²) in [4.78, 5) is 0. The molecule has 0 fully saturated rings. The minimum atomic E-state index is 0.498. The van der Waals surface area contributed by atoms with Crippen LogP contribution in [0.5, 0.6) is 0 Å². The predicted octanol–water partition coefficient (Wildman–Crippen LogP) is 1.04. The Morgan fingerprint density at radius 3 is 0.500 bits per heavy atom. The molecular weight excluding hydrogens is 692 g/mol. The van der Waals surface area contributed by atoms with Crippen LogP contribution in [-0.4, -0.2) is 219 Å². The summed E-state index contributed by atoms with van der Waals surface area (Å²) in [6.45, 7) is 20.0. The highest BCUT2D eigenvalue weighted by atomic mass is 16.6. The van der Waals surface area contributed by atoms with Gasteiger partial charge in [0.1, 0.15) is 6.61 Å². The van der Waals surface area contributed by atoms with Gasteiger partial charge in [-0.05, 0) is 0 Å². The molecule has 0 heterocycles. The van der Waals surface area contributed by atoms with Crippen molar-refractivity contribution < 1.29 is 80.5 Å². The van der Waals surface area contributed by atoms with E-state index in [1.807, 2.05) is 0 Å². The third kappa shape index (κ3) is 48.9. The smallest absolute Gasteiger partial charge is 0.111 e. The highest BCUT2D eigenvalue weighted by molar-refractivity contribution is 4.48. The van der Waals surface area contributed by atoms with E-state index in [-0.39, 0.29) is 0 Å². The molecule has 0 aromatic rings. The minimum Gasteiger partial charge on any atom is -0.499 e. The van der Waals surface area contributed by atoms with E-state index in [2.05, 4.69) is 6.58 Å². The van der Waals surface area contributed by atoms with Crippen LogP contribution in [-0.2, 0) is 80.5 Å². The molecule has 0 aromatic carbocycles. The molecule has 312 valence electrons. The first-order valence-corrected chi connectivity index (χ1v) is 18.3. The van der Waals surface area contributed by atoms with Crippen molar-refractivity contribution in [3.63, 3.8) is 0 Å². The van der Waals surface area contributed by atoms with Gasteiger partial charge in [-0.2, -0.15) is 0 Å². The Hall–Kier alpha value is -1.10. The lowest BCUT2D eigenvalue weighted by Gasteiger charge is -2.09. The quantitative estimate of drug-likeness (QED) is 0.0639. The van der Waals surface area contributed by atoms with Crippen molar-refractivity contribution in [1.82, 2.24) is 0 Å². The fourth-order valence-electron chi connectivity index (χ4n) is 3.51. The third-order valence-corrected chi connectivity index (χ3v) is 6.10. The van der Waals surface area contributed by atoms with Crippen LogP contribution in [0, 0.1) is 0 Å². The van der Waals surface area contributed by atoms with Gasteiger partial charge in [0.2, 0.25) is 0 Å². The zero-order chi connectivity index (χ0) is 37.4. The molecule has 17 nitrogen and oxygen atoms in total. The Morgan fingerprint density at radius 1 is 0.231 bits per heavy atom. The Bertz CT molecular complexity index is 638. The van der Waals surface area contributed by atoms with E-state index in [0.717, 1.165) is 0 Å². The van der Waals surface area contributed by atoms with Crippen molar-refractivity contribution in [2.24, 2.45) is 0 Å². The maximum Gasteiger partial charge on any atom is 0.111 e. The van der Waals surface area contributed by atoms with Crippen molar-refractivity contribution in [3.05, 3.63) is 12.8 Å². The van der Waals surface area contributed by atoms with Gasteiger partial charge < -0.3 is 80.5 Å². The van der Waals surface area contributed by atoms with Crippen molar-refractivity contribution in [3.8, 4) is 0 Å². The molecule has 52 heavy (non-hydrogen) atoms. The van der Waals surface area contributed by atoms with Crippen LogP contribution in [0.4, 0.5) is 0 Å².